The van der Waals surface area contributed by atoms with E-state index in [1.54, 1.807) is 6.07 Å². The van der Waals surface area contributed by atoms with E-state index in [1.165, 1.54) is 11.8 Å². The molecule has 0 spiro atoms. The highest BCUT2D eigenvalue weighted by molar-refractivity contribution is 9.10. The molecule has 0 aromatic heterocycles. The van der Waals surface area contributed by atoms with Gasteiger partial charge >= 0.3 is 0 Å². The summed E-state index contributed by atoms with van der Waals surface area (Å²) in [6.07, 6.45) is 0. The van der Waals surface area contributed by atoms with Crippen LogP contribution in [0.3, 0.4) is 0 Å². The molecule has 0 aliphatic carbocycles. The summed E-state index contributed by atoms with van der Waals surface area (Å²) in [5.41, 5.74) is 6.80. The summed E-state index contributed by atoms with van der Waals surface area (Å²) in [6, 6.07) is 5.48. The Kier molecular flexibility index (Phi) is 6.90. The Morgan fingerprint density at radius 1 is 1.47 bits per heavy atom. The van der Waals surface area contributed by atoms with Crippen molar-refractivity contribution in [2.45, 2.75) is 5.75 Å². The van der Waals surface area contributed by atoms with Gasteiger partial charge < -0.3 is 16.4 Å². The molecule has 1 rings (SSSR count). The molecule has 19 heavy (non-hydrogen) atoms. The van der Waals surface area contributed by atoms with Crippen molar-refractivity contribution >= 4 is 38.8 Å². The minimum absolute atomic E-state index is 0.0431. The Balaban J connectivity index is 2.80. The van der Waals surface area contributed by atoms with E-state index < -0.39 is 0 Å². The third kappa shape index (κ3) is 5.63. The summed E-state index contributed by atoms with van der Waals surface area (Å²) in [6.45, 7) is 1.30. The topological polar surface area (TPSA) is 91.0 Å². The Labute approximate surface area is 125 Å². The fourth-order valence-corrected chi connectivity index (χ4v) is 2.41. The molecule has 1 amide bonds. The molecule has 0 aliphatic rings. The van der Waals surface area contributed by atoms with Crippen LogP contribution in [0.2, 0.25) is 0 Å². The summed E-state index contributed by atoms with van der Waals surface area (Å²) < 4.78 is 0.901. The van der Waals surface area contributed by atoms with Gasteiger partial charge in [-0.1, -0.05) is 27.7 Å². The fourth-order valence-electron chi connectivity index (χ4n) is 1.45. The lowest BCUT2D eigenvalue weighted by Gasteiger charge is -2.10. The van der Waals surface area contributed by atoms with E-state index in [9.17, 15) is 4.79 Å². The van der Waals surface area contributed by atoms with Crippen LogP contribution in [-0.4, -0.2) is 31.2 Å². The number of nitrogens with one attached hydrogen (secondary N) is 3. The lowest BCUT2D eigenvalue weighted by Crippen LogP contribution is -2.31. The first kappa shape index (κ1) is 16.0. The van der Waals surface area contributed by atoms with Crippen LogP contribution in [0, 0.1) is 5.41 Å². The van der Waals surface area contributed by atoms with Gasteiger partial charge in [0.1, 0.15) is 0 Å². The van der Waals surface area contributed by atoms with Gasteiger partial charge in [-0.3, -0.25) is 10.2 Å². The molecule has 0 saturated heterocycles. The van der Waals surface area contributed by atoms with E-state index >= 15 is 0 Å². The first-order valence-corrected chi connectivity index (χ1v) is 7.50. The van der Waals surface area contributed by atoms with E-state index in [2.05, 4.69) is 26.6 Å². The zero-order valence-corrected chi connectivity index (χ0v) is 13.0. The van der Waals surface area contributed by atoms with Gasteiger partial charge in [0.25, 0.3) is 5.91 Å². The highest BCUT2D eigenvalue weighted by Crippen LogP contribution is 2.21. The standard InChI is InChI=1S/C12H17BrN4OS/c1-16-4-5-17-11(18)10-3-2-9(13)6-8(10)7-19-12(14)15/h2-3,6,16H,4-5,7H2,1H3,(H3,14,15)(H,17,18). The number of thioether (sulfide) groups is 1. The summed E-state index contributed by atoms with van der Waals surface area (Å²) in [5, 5.41) is 13.1. The van der Waals surface area contributed by atoms with E-state index in [4.69, 9.17) is 11.1 Å². The Morgan fingerprint density at radius 3 is 2.84 bits per heavy atom. The largest absolute Gasteiger partial charge is 0.379 e. The van der Waals surface area contributed by atoms with Crippen molar-refractivity contribution in [3.05, 3.63) is 33.8 Å². The molecule has 0 unspecified atom stereocenters. The second-order valence-corrected chi connectivity index (χ2v) is 5.75. The fraction of sp³-hybridized carbons (Fsp3) is 0.333. The number of hydrogen-bond donors (Lipinski definition) is 4. The van der Waals surface area contributed by atoms with Crippen molar-refractivity contribution in [2.75, 3.05) is 20.1 Å². The van der Waals surface area contributed by atoms with Crippen LogP contribution in [0.4, 0.5) is 0 Å². The monoisotopic (exact) mass is 344 g/mol. The maximum absolute atomic E-state index is 12.0. The average molecular weight is 345 g/mol. The molecule has 104 valence electrons. The molecule has 5 nitrogen and oxygen atoms in total. The van der Waals surface area contributed by atoms with Gasteiger partial charge in [0.05, 0.1) is 0 Å². The smallest absolute Gasteiger partial charge is 0.251 e. The second kappa shape index (κ2) is 8.19. The molecule has 0 radical (unpaired) electrons. The maximum atomic E-state index is 12.0. The number of halogens is 1. The molecule has 0 fully saturated rings. The number of hydrogen-bond acceptors (Lipinski definition) is 4. The van der Waals surface area contributed by atoms with Crippen LogP contribution < -0.4 is 16.4 Å². The predicted molar refractivity (Wildman–Crippen MR) is 83.6 cm³/mol. The van der Waals surface area contributed by atoms with Crippen LogP contribution >= 0.6 is 27.7 Å². The predicted octanol–water partition coefficient (Wildman–Crippen LogP) is 1.52. The number of nitrogens with two attached hydrogens (primary N) is 1. The van der Waals surface area contributed by atoms with Crippen LogP contribution in [-0.2, 0) is 5.75 Å². The van der Waals surface area contributed by atoms with E-state index in [0.29, 0.717) is 17.9 Å². The molecule has 1 aromatic carbocycles. The van der Waals surface area contributed by atoms with E-state index in [-0.39, 0.29) is 11.1 Å². The van der Waals surface area contributed by atoms with Gasteiger partial charge in [0.2, 0.25) is 0 Å². The van der Waals surface area contributed by atoms with Crippen molar-refractivity contribution in [1.29, 1.82) is 5.41 Å². The summed E-state index contributed by atoms with van der Waals surface area (Å²) in [4.78, 5) is 12.0. The van der Waals surface area contributed by atoms with Crippen molar-refractivity contribution < 1.29 is 4.79 Å². The van der Waals surface area contributed by atoms with Gasteiger partial charge in [-0.05, 0) is 30.8 Å². The van der Waals surface area contributed by atoms with Gasteiger partial charge in [0.15, 0.2) is 5.17 Å². The third-order valence-electron chi connectivity index (χ3n) is 2.36. The molecule has 0 heterocycles. The molecule has 7 heteroatoms. The summed E-state index contributed by atoms with van der Waals surface area (Å²) in [7, 11) is 1.83. The number of carbonyl (C=O) groups is 1. The molecule has 0 saturated carbocycles. The summed E-state index contributed by atoms with van der Waals surface area (Å²) >= 11 is 4.58. The van der Waals surface area contributed by atoms with Crippen molar-refractivity contribution in [1.82, 2.24) is 10.6 Å². The van der Waals surface area contributed by atoms with E-state index in [1.807, 2.05) is 19.2 Å². The van der Waals surface area contributed by atoms with Crippen LogP contribution in [0.5, 0.6) is 0 Å². The van der Waals surface area contributed by atoms with Gasteiger partial charge in [-0.25, -0.2) is 0 Å². The second-order valence-electron chi connectivity index (χ2n) is 3.81. The quantitative estimate of drug-likeness (QED) is 0.357. The van der Waals surface area contributed by atoms with Crippen molar-refractivity contribution in [2.24, 2.45) is 5.73 Å². The average Bonchev–Trinajstić information content (AvgIpc) is 2.36. The van der Waals surface area contributed by atoms with Crippen LogP contribution in [0.1, 0.15) is 15.9 Å². The molecule has 0 bridgehead atoms. The number of benzene rings is 1. The SMILES string of the molecule is CNCCNC(=O)c1ccc(Br)cc1CSC(=N)N. The third-order valence-corrected chi connectivity index (χ3v) is 3.62. The lowest BCUT2D eigenvalue weighted by molar-refractivity contribution is 0.0953. The Hall–Kier alpha value is -1.05. The molecular weight excluding hydrogens is 328 g/mol. The Morgan fingerprint density at radius 2 is 2.21 bits per heavy atom. The number of likely N-dealkylation sites (N-methyl/N-ethyl adjacent to an activating group) is 1. The van der Waals surface area contributed by atoms with Crippen molar-refractivity contribution in [3.63, 3.8) is 0 Å². The molecule has 0 atom stereocenters. The van der Waals surface area contributed by atoms with Gasteiger partial charge in [0, 0.05) is 28.9 Å². The minimum atomic E-state index is -0.109. The summed E-state index contributed by atoms with van der Waals surface area (Å²) in [5.74, 6) is 0.394. The molecular formula is C12H17BrN4OS. The first-order valence-electron chi connectivity index (χ1n) is 5.72. The molecule has 5 N–H and O–H groups in total. The Bertz CT molecular complexity index is 467. The van der Waals surface area contributed by atoms with Gasteiger partial charge in [-0.2, -0.15) is 0 Å². The number of rotatable bonds is 6. The van der Waals surface area contributed by atoms with Gasteiger partial charge in [-0.15, -0.1) is 0 Å². The number of amidine groups is 1. The zero-order chi connectivity index (χ0) is 14.3. The maximum Gasteiger partial charge on any atom is 0.251 e. The molecule has 0 aliphatic heterocycles. The van der Waals surface area contributed by atoms with Crippen LogP contribution in [0.25, 0.3) is 0 Å². The number of carbonyl (C=O) groups excluding carboxylic acids is 1. The molecule has 1 aromatic rings. The highest BCUT2D eigenvalue weighted by atomic mass is 79.9. The normalized spacial score (nSPS) is 10.2. The first-order chi connectivity index (χ1) is 9.04. The zero-order valence-electron chi connectivity index (χ0n) is 10.6. The lowest BCUT2D eigenvalue weighted by atomic mass is 10.1. The van der Waals surface area contributed by atoms with Crippen molar-refractivity contribution in [3.8, 4) is 0 Å². The van der Waals surface area contributed by atoms with Crippen LogP contribution in [0.15, 0.2) is 22.7 Å². The minimum Gasteiger partial charge on any atom is -0.379 e. The highest BCUT2D eigenvalue weighted by Gasteiger charge is 2.11. The number of amides is 1. The van der Waals surface area contributed by atoms with E-state index in [0.717, 1.165) is 16.6 Å².